The van der Waals surface area contributed by atoms with Crippen LogP contribution in [0.2, 0.25) is 0 Å². The number of unbranched alkanes of at least 4 members (excludes halogenated alkanes) is 11. The molecular formula is C22H38BaO4. The molecule has 0 bridgehead atoms. The summed E-state index contributed by atoms with van der Waals surface area (Å²) >= 11 is 0. The second kappa shape index (κ2) is 26.0. The number of hydrogen-bond donors (Lipinski definition) is 0. The molecule has 0 saturated carbocycles. The summed E-state index contributed by atoms with van der Waals surface area (Å²) in [7, 11) is 0. The van der Waals surface area contributed by atoms with Crippen molar-refractivity contribution in [2.75, 3.05) is 0 Å². The molecule has 0 atom stereocenters. The molecule has 0 heterocycles. The molecule has 0 aromatic heterocycles. The van der Waals surface area contributed by atoms with Gasteiger partial charge in [-0.1, -0.05) is 77.0 Å². The van der Waals surface area contributed by atoms with Gasteiger partial charge in [-0.3, -0.25) is 0 Å². The van der Waals surface area contributed by atoms with Crippen molar-refractivity contribution >= 4 is 60.8 Å². The fourth-order valence-electron chi connectivity index (χ4n) is 2.34. The average Bonchev–Trinajstić information content (AvgIpc) is 2.58. The van der Waals surface area contributed by atoms with Crippen LogP contribution in [0, 0.1) is 0 Å². The summed E-state index contributed by atoms with van der Waals surface area (Å²) in [6, 6.07) is 0. The van der Waals surface area contributed by atoms with E-state index in [2.05, 4.69) is 25.7 Å². The SMILES string of the molecule is C=C(C)C(=O)[O-].CCCCCCCCC=CCCCCCCCC(=O)[O-].[Ba+2]. The van der Waals surface area contributed by atoms with Gasteiger partial charge in [-0.15, -0.1) is 0 Å². The third-order valence-corrected chi connectivity index (χ3v) is 3.99. The Morgan fingerprint density at radius 2 is 1.15 bits per heavy atom. The fourth-order valence-corrected chi connectivity index (χ4v) is 2.34. The maximum absolute atomic E-state index is 10.2. The number of allylic oxidation sites excluding steroid dienone is 2. The molecule has 0 radical (unpaired) electrons. The van der Waals surface area contributed by atoms with E-state index in [1.807, 2.05) is 0 Å². The van der Waals surface area contributed by atoms with Gasteiger partial charge in [0.2, 0.25) is 0 Å². The molecule has 0 unspecified atom stereocenters. The molecule has 0 fully saturated rings. The van der Waals surface area contributed by atoms with Crippen LogP contribution < -0.4 is 10.2 Å². The molecular weight excluding hydrogens is 466 g/mol. The van der Waals surface area contributed by atoms with E-state index in [0.717, 1.165) is 19.3 Å². The van der Waals surface area contributed by atoms with Gasteiger partial charge in [0.25, 0.3) is 0 Å². The largest absolute Gasteiger partial charge is 2.00 e. The van der Waals surface area contributed by atoms with Gasteiger partial charge in [-0.2, -0.15) is 0 Å². The topological polar surface area (TPSA) is 80.3 Å². The third-order valence-electron chi connectivity index (χ3n) is 3.99. The normalized spacial score (nSPS) is 10.0. The first-order valence-corrected chi connectivity index (χ1v) is 10.1. The molecule has 152 valence electrons. The Balaban J connectivity index is -0.000000709. The van der Waals surface area contributed by atoms with Crippen LogP contribution in [0.3, 0.4) is 0 Å². The van der Waals surface area contributed by atoms with Crippen LogP contribution in [0.1, 0.15) is 104 Å². The minimum atomic E-state index is -1.19. The van der Waals surface area contributed by atoms with Crippen LogP contribution in [-0.2, 0) is 9.59 Å². The van der Waals surface area contributed by atoms with Crippen LogP contribution in [0.4, 0.5) is 0 Å². The Labute approximate surface area is 207 Å². The summed E-state index contributed by atoms with van der Waals surface area (Å²) in [4.78, 5) is 19.7. The first kappa shape index (κ1) is 31.7. The minimum Gasteiger partial charge on any atom is -0.550 e. The second-order valence-electron chi connectivity index (χ2n) is 6.77. The molecule has 0 saturated heterocycles. The molecule has 0 aliphatic heterocycles. The van der Waals surface area contributed by atoms with Gasteiger partial charge in [0.15, 0.2) is 0 Å². The summed E-state index contributed by atoms with van der Waals surface area (Å²) < 4.78 is 0. The van der Waals surface area contributed by atoms with Gasteiger partial charge in [-0.05, 0) is 51.0 Å². The summed E-state index contributed by atoms with van der Waals surface area (Å²) in [5.41, 5.74) is 0.0648. The zero-order valence-electron chi connectivity index (χ0n) is 17.6. The van der Waals surface area contributed by atoms with E-state index < -0.39 is 11.9 Å². The number of carboxylic acids is 2. The number of rotatable bonds is 16. The predicted molar refractivity (Wildman–Crippen MR) is 110 cm³/mol. The Morgan fingerprint density at radius 1 is 0.778 bits per heavy atom. The maximum Gasteiger partial charge on any atom is 2.00 e. The summed E-state index contributed by atoms with van der Waals surface area (Å²) in [6.07, 6.45) is 20.9. The molecule has 0 aliphatic rings. The van der Waals surface area contributed by atoms with Crippen LogP contribution in [0.25, 0.3) is 0 Å². The van der Waals surface area contributed by atoms with Crippen molar-refractivity contribution in [2.24, 2.45) is 0 Å². The van der Waals surface area contributed by atoms with E-state index in [0.29, 0.717) is 0 Å². The maximum atomic E-state index is 10.2. The number of carbonyl (C=O) groups excluding carboxylic acids is 2. The molecule has 27 heavy (non-hydrogen) atoms. The van der Waals surface area contributed by atoms with Gasteiger partial charge < -0.3 is 19.8 Å². The van der Waals surface area contributed by atoms with Crippen molar-refractivity contribution in [1.29, 1.82) is 0 Å². The zero-order valence-corrected chi connectivity index (χ0v) is 22.0. The Kier molecular flexibility index (Phi) is 30.5. The predicted octanol–water partition coefficient (Wildman–Crippen LogP) is 3.71. The number of carboxylic acid groups (broad SMARTS) is 2. The van der Waals surface area contributed by atoms with Crippen molar-refractivity contribution in [3.63, 3.8) is 0 Å². The Bertz CT molecular complexity index is 380. The summed E-state index contributed by atoms with van der Waals surface area (Å²) in [5.74, 6) is -2.10. The third kappa shape index (κ3) is 34.0. The van der Waals surface area contributed by atoms with Gasteiger partial charge in [0, 0.05) is 5.97 Å². The first-order chi connectivity index (χ1) is 12.4. The van der Waals surface area contributed by atoms with E-state index in [9.17, 15) is 19.8 Å². The first-order valence-electron chi connectivity index (χ1n) is 10.1. The summed E-state index contributed by atoms with van der Waals surface area (Å²) in [6.45, 7) is 6.73. The quantitative estimate of drug-likeness (QED) is 0.139. The molecule has 5 heteroatoms. The van der Waals surface area contributed by atoms with Gasteiger partial charge in [0.05, 0.1) is 5.97 Å². The molecule has 0 rings (SSSR count). The van der Waals surface area contributed by atoms with E-state index in [4.69, 9.17) is 0 Å². The Hall–Kier alpha value is -0.00857. The standard InChI is InChI=1S/C18H34O2.C4H6O2.Ba/c1-2-3-4-5-6-7-8-9-10-11-12-13-14-15-16-17-18(19)20;1-3(2)4(5)6;/h9-10H,2-8,11-17H2,1H3,(H,19,20);1H2,2H3,(H,5,6);/q;;+2/p-2. The summed E-state index contributed by atoms with van der Waals surface area (Å²) in [5, 5.41) is 19.7. The molecule has 0 aliphatic carbocycles. The number of aliphatic carboxylic acids is 2. The average molecular weight is 504 g/mol. The van der Waals surface area contributed by atoms with Crippen molar-refractivity contribution in [3.05, 3.63) is 24.3 Å². The monoisotopic (exact) mass is 504 g/mol. The zero-order chi connectivity index (χ0) is 20.0. The van der Waals surface area contributed by atoms with E-state index in [1.165, 1.54) is 71.1 Å². The smallest absolute Gasteiger partial charge is 0.550 e. The van der Waals surface area contributed by atoms with Crippen LogP contribution in [-0.4, -0.2) is 60.8 Å². The Morgan fingerprint density at radius 3 is 1.52 bits per heavy atom. The molecule has 0 amide bonds. The van der Waals surface area contributed by atoms with Crippen LogP contribution in [0.5, 0.6) is 0 Å². The second-order valence-corrected chi connectivity index (χ2v) is 6.77. The van der Waals surface area contributed by atoms with E-state index in [-0.39, 0.29) is 60.9 Å². The number of carbonyl (C=O) groups is 2. The van der Waals surface area contributed by atoms with Crippen molar-refractivity contribution in [2.45, 2.75) is 104 Å². The van der Waals surface area contributed by atoms with Crippen LogP contribution in [0.15, 0.2) is 24.3 Å². The molecule has 0 spiro atoms. The van der Waals surface area contributed by atoms with Gasteiger partial charge >= 0.3 is 48.9 Å². The molecule has 0 aromatic carbocycles. The van der Waals surface area contributed by atoms with E-state index in [1.54, 1.807) is 0 Å². The molecule has 0 aromatic rings. The number of hydrogen-bond acceptors (Lipinski definition) is 4. The molecule has 0 N–H and O–H groups in total. The van der Waals surface area contributed by atoms with E-state index >= 15 is 0 Å². The fraction of sp³-hybridized carbons (Fsp3) is 0.727. The van der Waals surface area contributed by atoms with Crippen molar-refractivity contribution in [1.82, 2.24) is 0 Å². The van der Waals surface area contributed by atoms with Crippen molar-refractivity contribution < 1.29 is 19.8 Å². The van der Waals surface area contributed by atoms with Gasteiger partial charge in [-0.25, -0.2) is 0 Å². The van der Waals surface area contributed by atoms with Crippen molar-refractivity contribution in [3.8, 4) is 0 Å². The van der Waals surface area contributed by atoms with Gasteiger partial charge in [0.1, 0.15) is 0 Å². The molecule has 4 nitrogen and oxygen atoms in total. The van der Waals surface area contributed by atoms with Crippen LogP contribution >= 0.6 is 0 Å². The minimum absolute atomic E-state index is 0.